The van der Waals surface area contributed by atoms with Gasteiger partial charge < -0.3 is 9.47 Å². The molecule has 11 heteroatoms. The van der Waals surface area contributed by atoms with E-state index in [1.165, 1.54) is 47.0 Å². The smallest absolute Gasteiger partial charge is 0.333 e. The molecule has 1 amide bonds. The number of thiazole rings is 1. The van der Waals surface area contributed by atoms with Gasteiger partial charge in [0.2, 0.25) is 0 Å². The Bertz CT molecular complexity index is 963. The molecule has 3 heterocycles. The number of halogens is 4. The summed E-state index contributed by atoms with van der Waals surface area (Å²) in [5.74, 6) is -0.156. The lowest BCUT2D eigenvalue weighted by Gasteiger charge is -2.18. The van der Waals surface area contributed by atoms with E-state index in [2.05, 4.69) is 9.97 Å². The summed E-state index contributed by atoms with van der Waals surface area (Å²) < 4.78 is 39.5. The molecule has 0 atom stereocenters. The summed E-state index contributed by atoms with van der Waals surface area (Å²) >= 11 is 8.53. The largest absolute Gasteiger partial charge is 0.406 e. The minimum atomic E-state index is -4.36. The van der Waals surface area contributed by atoms with Gasteiger partial charge >= 0.3 is 6.18 Å². The van der Waals surface area contributed by atoms with E-state index in [9.17, 15) is 18.0 Å². The van der Waals surface area contributed by atoms with Crippen molar-refractivity contribution in [3.05, 3.63) is 45.3 Å². The van der Waals surface area contributed by atoms with E-state index in [1.807, 2.05) is 6.07 Å². The summed E-state index contributed by atoms with van der Waals surface area (Å²) in [7, 11) is 1.52. The summed E-state index contributed by atoms with van der Waals surface area (Å²) in [6.07, 6.45) is -1.82. The lowest BCUT2D eigenvalue weighted by molar-refractivity contribution is -0.141. The van der Waals surface area contributed by atoms with Gasteiger partial charge in [0.25, 0.3) is 5.91 Å². The number of alkyl halides is 3. The van der Waals surface area contributed by atoms with Crippen LogP contribution in [0, 0.1) is 6.92 Å². The van der Waals surface area contributed by atoms with Gasteiger partial charge in [0.05, 0.1) is 21.5 Å². The maximum atomic E-state index is 12.8. The number of hydrogen-bond donors (Lipinski definition) is 0. The molecular formula is C16H14ClF3N4OS2. The molecule has 0 spiro atoms. The van der Waals surface area contributed by atoms with Crippen LogP contribution in [0.25, 0.3) is 9.88 Å². The molecule has 0 N–H and O–H groups in total. The van der Waals surface area contributed by atoms with Gasteiger partial charge in [-0.3, -0.25) is 4.79 Å². The molecule has 0 saturated heterocycles. The van der Waals surface area contributed by atoms with Crippen molar-refractivity contribution >= 4 is 40.2 Å². The molecule has 0 radical (unpaired) electrons. The van der Waals surface area contributed by atoms with Crippen LogP contribution in [0.1, 0.15) is 21.2 Å². The Morgan fingerprint density at radius 2 is 2.07 bits per heavy atom. The third-order valence-electron chi connectivity index (χ3n) is 3.65. The summed E-state index contributed by atoms with van der Waals surface area (Å²) in [4.78, 5) is 23.7. The van der Waals surface area contributed by atoms with Crippen LogP contribution in [0.15, 0.2) is 24.5 Å². The molecule has 0 aliphatic heterocycles. The predicted molar refractivity (Wildman–Crippen MR) is 99.3 cm³/mol. The molecule has 0 unspecified atom stereocenters. The highest BCUT2D eigenvalue weighted by Gasteiger charge is 2.29. The first-order valence-corrected chi connectivity index (χ1v) is 9.70. The van der Waals surface area contributed by atoms with Crippen molar-refractivity contribution in [2.24, 2.45) is 0 Å². The van der Waals surface area contributed by atoms with Gasteiger partial charge in [-0.1, -0.05) is 11.6 Å². The fraction of sp³-hybridized carbons (Fsp3) is 0.312. The maximum absolute atomic E-state index is 12.8. The van der Waals surface area contributed by atoms with E-state index in [1.54, 1.807) is 13.0 Å². The van der Waals surface area contributed by atoms with E-state index in [0.29, 0.717) is 19.9 Å². The monoisotopic (exact) mass is 434 g/mol. The summed E-state index contributed by atoms with van der Waals surface area (Å²) in [6, 6.07) is 3.59. The Labute approximate surface area is 166 Å². The van der Waals surface area contributed by atoms with Gasteiger partial charge in [-0.15, -0.1) is 22.7 Å². The number of aromatic nitrogens is 3. The Kier molecular flexibility index (Phi) is 5.59. The first-order chi connectivity index (χ1) is 12.6. The van der Waals surface area contributed by atoms with Crippen LogP contribution in [0.2, 0.25) is 4.34 Å². The molecule has 5 nitrogen and oxygen atoms in total. The molecule has 3 aromatic heterocycles. The standard InChI is InChI=1S/C16H14ClF3N4OS2/c1-9-13(27-14(22-9)10-3-4-11(17)26-10)15(25)23(2)7-12-21-5-6-24(12)8-16(18,19)20/h3-6H,7-8H2,1-2H3. The molecule has 0 saturated carbocycles. The van der Waals surface area contributed by atoms with Gasteiger partial charge in [-0.2, -0.15) is 13.2 Å². The van der Waals surface area contributed by atoms with Crippen molar-refractivity contribution in [3.63, 3.8) is 0 Å². The molecule has 0 aromatic carbocycles. The Morgan fingerprint density at radius 3 is 2.70 bits per heavy atom. The molecule has 3 rings (SSSR count). The summed E-state index contributed by atoms with van der Waals surface area (Å²) in [6.45, 7) is 0.535. The van der Waals surface area contributed by atoms with E-state index in [-0.39, 0.29) is 18.3 Å². The predicted octanol–water partition coefficient (Wildman–Crippen LogP) is 4.86. The van der Waals surface area contributed by atoms with Crippen LogP contribution in [0.5, 0.6) is 0 Å². The number of rotatable bonds is 5. The molecule has 0 aliphatic carbocycles. The van der Waals surface area contributed by atoms with E-state index < -0.39 is 12.7 Å². The Hall–Kier alpha value is -1.91. The molecule has 3 aromatic rings. The average Bonchev–Trinajstić information content (AvgIpc) is 3.26. The molecule has 0 aliphatic rings. The number of hydrogen-bond acceptors (Lipinski definition) is 5. The minimum absolute atomic E-state index is 0.0422. The number of imidazole rings is 1. The van der Waals surface area contributed by atoms with E-state index in [0.717, 1.165) is 9.44 Å². The second-order valence-electron chi connectivity index (χ2n) is 5.79. The van der Waals surface area contributed by atoms with Crippen molar-refractivity contribution in [1.29, 1.82) is 0 Å². The topological polar surface area (TPSA) is 51.0 Å². The summed E-state index contributed by atoms with van der Waals surface area (Å²) in [5.41, 5.74) is 0.565. The fourth-order valence-corrected chi connectivity index (χ4v) is 4.57. The normalized spacial score (nSPS) is 11.8. The van der Waals surface area contributed by atoms with Crippen LogP contribution in [0.4, 0.5) is 13.2 Å². The van der Waals surface area contributed by atoms with Crippen LogP contribution < -0.4 is 0 Å². The van der Waals surface area contributed by atoms with Crippen molar-refractivity contribution in [2.45, 2.75) is 26.2 Å². The fourth-order valence-electron chi connectivity index (χ4n) is 2.42. The first-order valence-electron chi connectivity index (χ1n) is 7.69. The lowest BCUT2D eigenvalue weighted by atomic mass is 10.3. The zero-order valence-corrected chi connectivity index (χ0v) is 16.6. The maximum Gasteiger partial charge on any atom is 0.406 e. The zero-order chi connectivity index (χ0) is 19.8. The van der Waals surface area contributed by atoms with Gasteiger partial charge in [0.1, 0.15) is 22.3 Å². The van der Waals surface area contributed by atoms with Crippen LogP contribution >= 0.6 is 34.3 Å². The van der Waals surface area contributed by atoms with Gasteiger partial charge in [-0.05, 0) is 19.1 Å². The molecule has 0 bridgehead atoms. The van der Waals surface area contributed by atoms with Crippen LogP contribution in [-0.2, 0) is 13.1 Å². The van der Waals surface area contributed by atoms with Crippen molar-refractivity contribution in [2.75, 3.05) is 7.05 Å². The number of aryl methyl sites for hydroxylation is 1. The minimum Gasteiger partial charge on any atom is -0.333 e. The van der Waals surface area contributed by atoms with Gasteiger partial charge in [0.15, 0.2) is 0 Å². The highest BCUT2D eigenvalue weighted by molar-refractivity contribution is 7.24. The quantitative estimate of drug-likeness (QED) is 0.576. The first kappa shape index (κ1) is 19.8. The number of amides is 1. The number of carbonyl (C=O) groups excluding carboxylic acids is 1. The average molecular weight is 435 g/mol. The van der Waals surface area contributed by atoms with Crippen LogP contribution in [-0.4, -0.2) is 38.6 Å². The molecule has 0 fully saturated rings. The Morgan fingerprint density at radius 1 is 1.33 bits per heavy atom. The molecule has 27 heavy (non-hydrogen) atoms. The van der Waals surface area contributed by atoms with Crippen LogP contribution in [0.3, 0.4) is 0 Å². The highest BCUT2D eigenvalue weighted by atomic mass is 35.5. The third-order valence-corrected chi connectivity index (χ3v) is 6.20. The van der Waals surface area contributed by atoms with Gasteiger partial charge in [0, 0.05) is 19.4 Å². The van der Waals surface area contributed by atoms with Gasteiger partial charge in [-0.25, -0.2) is 9.97 Å². The second kappa shape index (κ2) is 7.61. The zero-order valence-electron chi connectivity index (χ0n) is 14.2. The molecular weight excluding hydrogens is 421 g/mol. The second-order valence-corrected chi connectivity index (χ2v) is 8.50. The van der Waals surface area contributed by atoms with Crippen molar-refractivity contribution < 1.29 is 18.0 Å². The SMILES string of the molecule is Cc1nc(-c2ccc(Cl)s2)sc1C(=O)N(C)Cc1nccn1CC(F)(F)F. The highest BCUT2D eigenvalue weighted by Crippen LogP contribution is 2.35. The van der Waals surface area contributed by atoms with Crippen molar-refractivity contribution in [3.8, 4) is 9.88 Å². The summed E-state index contributed by atoms with van der Waals surface area (Å²) in [5, 5.41) is 0.680. The number of thiophene rings is 1. The van der Waals surface area contributed by atoms with Crippen molar-refractivity contribution in [1.82, 2.24) is 19.4 Å². The lowest BCUT2D eigenvalue weighted by Crippen LogP contribution is -2.28. The van der Waals surface area contributed by atoms with E-state index in [4.69, 9.17) is 11.6 Å². The number of carbonyl (C=O) groups is 1. The molecule has 144 valence electrons. The Balaban J connectivity index is 1.77. The van der Waals surface area contributed by atoms with E-state index >= 15 is 0 Å². The third kappa shape index (κ3) is 4.69. The number of nitrogens with zero attached hydrogens (tertiary/aromatic N) is 4.